The molecule has 2 aliphatic rings. The number of carbonyl (C=O) groups is 1. The first-order valence-electron chi connectivity index (χ1n) is 9.85. The monoisotopic (exact) mass is 446 g/mol. The number of allylic oxidation sites excluding steroid dienone is 1. The van der Waals surface area contributed by atoms with Gasteiger partial charge in [0.15, 0.2) is 0 Å². The molecule has 2 aliphatic heterocycles. The Morgan fingerprint density at radius 1 is 1.07 bits per heavy atom. The topological polar surface area (TPSA) is 39.1 Å². The summed E-state index contributed by atoms with van der Waals surface area (Å²) in [5.74, 6) is 0.125. The van der Waals surface area contributed by atoms with Crippen LogP contribution in [0.2, 0.25) is 0 Å². The molecule has 1 unspecified atom stereocenters. The van der Waals surface area contributed by atoms with Crippen molar-refractivity contribution in [2.24, 2.45) is 4.99 Å². The summed E-state index contributed by atoms with van der Waals surface area (Å²) in [6.07, 6.45) is 6.40. The van der Waals surface area contributed by atoms with Crippen LogP contribution in [0.4, 0.5) is 5.69 Å². The van der Waals surface area contributed by atoms with Crippen LogP contribution in [0.25, 0.3) is 0 Å². The van der Waals surface area contributed by atoms with Gasteiger partial charge in [-0.1, -0.05) is 48.5 Å². The second-order valence-electron chi connectivity index (χ2n) is 7.26. The third kappa shape index (κ3) is 5.22. The molecule has 30 heavy (non-hydrogen) atoms. The standard InChI is InChI=1S/C23H26N4O.2ClH/c1-25(16-14-19-8-4-2-5-9-19)27(20-10-6-3-7-11-20)23(28)22-13-12-21-18-24-15-17-26(21)22;;/h2-11,15,18,22H,12-14,16-17H2,1H3;2*1H. The fraction of sp³-hybridized carbons (Fsp3) is 0.304. The summed E-state index contributed by atoms with van der Waals surface area (Å²) in [4.78, 5) is 20.1. The van der Waals surface area contributed by atoms with Crippen molar-refractivity contribution >= 4 is 42.6 Å². The van der Waals surface area contributed by atoms with Gasteiger partial charge in [-0.15, -0.1) is 24.8 Å². The van der Waals surface area contributed by atoms with Crippen molar-refractivity contribution in [3.63, 3.8) is 0 Å². The van der Waals surface area contributed by atoms with Crippen LogP contribution >= 0.6 is 24.8 Å². The quantitative estimate of drug-likeness (QED) is 0.619. The number of fused-ring (bicyclic) bond motifs is 1. The molecule has 1 saturated heterocycles. The zero-order chi connectivity index (χ0) is 19.3. The highest BCUT2D eigenvalue weighted by atomic mass is 35.5. The van der Waals surface area contributed by atoms with E-state index in [2.05, 4.69) is 34.2 Å². The summed E-state index contributed by atoms with van der Waals surface area (Å²) < 4.78 is 0. The van der Waals surface area contributed by atoms with Crippen LogP contribution in [0.3, 0.4) is 0 Å². The van der Waals surface area contributed by atoms with Crippen LogP contribution in [-0.4, -0.2) is 48.2 Å². The lowest BCUT2D eigenvalue weighted by Gasteiger charge is -2.36. The predicted molar refractivity (Wildman–Crippen MR) is 128 cm³/mol. The molecule has 160 valence electrons. The second-order valence-corrected chi connectivity index (χ2v) is 7.26. The highest BCUT2D eigenvalue weighted by Crippen LogP contribution is 2.31. The summed E-state index contributed by atoms with van der Waals surface area (Å²) in [7, 11) is 2.00. The summed E-state index contributed by atoms with van der Waals surface area (Å²) in [6, 6.07) is 20.2. The SMILES string of the molecule is CN(CCc1ccccc1)N(C(=O)C1CCC2=CN=CCN21)c1ccccc1.Cl.Cl. The largest absolute Gasteiger partial charge is 0.356 e. The van der Waals surface area contributed by atoms with E-state index in [0.29, 0.717) is 6.54 Å². The number of carbonyl (C=O) groups excluding carboxylic acids is 1. The number of aliphatic imine (C=N–C) groups is 1. The number of hydrogen-bond acceptors (Lipinski definition) is 4. The minimum atomic E-state index is -0.141. The number of benzene rings is 2. The van der Waals surface area contributed by atoms with Gasteiger partial charge in [-0.3, -0.25) is 9.79 Å². The molecule has 2 aromatic rings. The van der Waals surface area contributed by atoms with Crippen molar-refractivity contribution in [1.82, 2.24) is 9.91 Å². The van der Waals surface area contributed by atoms with Crippen LogP contribution in [0.1, 0.15) is 18.4 Å². The van der Waals surface area contributed by atoms with E-state index in [1.807, 2.05) is 65.9 Å². The van der Waals surface area contributed by atoms with E-state index >= 15 is 0 Å². The van der Waals surface area contributed by atoms with Gasteiger partial charge in [-0.2, -0.15) is 0 Å². The number of anilines is 1. The third-order valence-electron chi connectivity index (χ3n) is 5.43. The van der Waals surface area contributed by atoms with E-state index in [0.717, 1.165) is 31.5 Å². The van der Waals surface area contributed by atoms with E-state index in [1.54, 1.807) is 0 Å². The normalized spacial score (nSPS) is 16.9. The average Bonchev–Trinajstić information content (AvgIpc) is 3.18. The van der Waals surface area contributed by atoms with Gasteiger partial charge in [0.2, 0.25) is 0 Å². The molecule has 1 atom stereocenters. The predicted octanol–water partition coefficient (Wildman–Crippen LogP) is 4.34. The first-order valence-corrected chi connectivity index (χ1v) is 9.85. The minimum absolute atomic E-state index is 0. The van der Waals surface area contributed by atoms with Crippen LogP contribution < -0.4 is 5.01 Å². The Hall–Kier alpha value is -2.34. The number of nitrogens with zero attached hydrogens (tertiary/aromatic N) is 4. The highest BCUT2D eigenvalue weighted by molar-refractivity contribution is 5.97. The molecule has 0 bridgehead atoms. The molecular weight excluding hydrogens is 419 g/mol. The average molecular weight is 447 g/mol. The molecule has 2 aromatic carbocycles. The van der Waals surface area contributed by atoms with Gasteiger partial charge in [0.1, 0.15) is 6.04 Å². The molecule has 1 fully saturated rings. The van der Waals surface area contributed by atoms with Crippen LogP contribution in [0.15, 0.2) is 77.6 Å². The van der Waals surface area contributed by atoms with Crippen molar-refractivity contribution in [3.8, 4) is 0 Å². The minimum Gasteiger partial charge on any atom is -0.356 e. The first-order chi connectivity index (χ1) is 13.7. The lowest BCUT2D eigenvalue weighted by Crippen LogP contribution is -2.53. The van der Waals surface area contributed by atoms with Gasteiger partial charge in [-0.05, 0) is 37.0 Å². The molecule has 4 rings (SSSR count). The molecule has 0 aliphatic carbocycles. The molecule has 7 heteroatoms. The van der Waals surface area contributed by atoms with Crippen LogP contribution in [0.5, 0.6) is 0 Å². The zero-order valence-electron chi connectivity index (χ0n) is 17.1. The van der Waals surface area contributed by atoms with Gasteiger partial charge in [0, 0.05) is 31.7 Å². The number of hydrogen-bond donors (Lipinski definition) is 0. The number of amides is 1. The first kappa shape index (κ1) is 23.9. The van der Waals surface area contributed by atoms with Crippen molar-refractivity contribution in [1.29, 1.82) is 0 Å². The smallest absolute Gasteiger partial charge is 0.264 e. The van der Waals surface area contributed by atoms with Gasteiger partial charge in [-0.25, -0.2) is 10.0 Å². The molecule has 5 nitrogen and oxygen atoms in total. The molecule has 0 N–H and O–H groups in total. The summed E-state index contributed by atoms with van der Waals surface area (Å²) in [6.45, 7) is 1.47. The number of rotatable bonds is 6. The Bertz CT molecular complexity index is 873. The Balaban J connectivity index is 0.00000160. The van der Waals surface area contributed by atoms with Gasteiger partial charge >= 0.3 is 0 Å². The van der Waals surface area contributed by atoms with E-state index < -0.39 is 0 Å². The number of hydrazine groups is 1. The Labute approximate surface area is 190 Å². The summed E-state index contributed by atoms with van der Waals surface area (Å²) in [5, 5.41) is 3.90. The lowest BCUT2D eigenvalue weighted by molar-refractivity contribution is -0.125. The van der Waals surface area contributed by atoms with Gasteiger partial charge in [0.25, 0.3) is 5.91 Å². The van der Waals surface area contributed by atoms with Crippen molar-refractivity contribution in [3.05, 3.63) is 78.1 Å². The van der Waals surface area contributed by atoms with Crippen molar-refractivity contribution < 1.29 is 4.79 Å². The van der Waals surface area contributed by atoms with Crippen molar-refractivity contribution in [2.75, 3.05) is 25.1 Å². The molecule has 0 spiro atoms. The molecule has 0 radical (unpaired) electrons. The fourth-order valence-corrected chi connectivity index (χ4v) is 3.94. The lowest BCUT2D eigenvalue weighted by atomic mass is 10.1. The van der Waals surface area contributed by atoms with E-state index in [4.69, 9.17) is 0 Å². The second kappa shape index (κ2) is 11.2. The van der Waals surface area contributed by atoms with Gasteiger partial charge < -0.3 is 4.90 Å². The third-order valence-corrected chi connectivity index (χ3v) is 5.43. The van der Waals surface area contributed by atoms with E-state index in [1.165, 1.54) is 11.3 Å². The maximum absolute atomic E-state index is 13.6. The Kier molecular flexibility index (Phi) is 8.90. The van der Waals surface area contributed by atoms with Crippen LogP contribution in [0, 0.1) is 0 Å². The van der Waals surface area contributed by atoms with Crippen molar-refractivity contribution in [2.45, 2.75) is 25.3 Å². The number of para-hydroxylation sites is 1. The molecule has 0 aromatic heterocycles. The molecule has 1 amide bonds. The van der Waals surface area contributed by atoms with E-state index in [9.17, 15) is 4.79 Å². The van der Waals surface area contributed by atoms with Crippen LogP contribution in [-0.2, 0) is 11.2 Å². The highest BCUT2D eigenvalue weighted by Gasteiger charge is 2.38. The fourth-order valence-electron chi connectivity index (χ4n) is 3.94. The number of likely N-dealkylation sites (N-methyl/N-ethyl adjacent to an activating group) is 1. The molecule has 2 heterocycles. The van der Waals surface area contributed by atoms with E-state index in [-0.39, 0.29) is 36.8 Å². The Morgan fingerprint density at radius 3 is 2.43 bits per heavy atom. The number of halogens is 2. The summed E-state index contributed by atoms with van der Waals surface area (Å²) >= 11 is 0. The Morgan fingerprint density at radius 2 is 1.73 bits per heavy atom. The maximum Gasteiger partial charge on any atom is 0.264 e. The summed E-state index contributed by atoms with van der Waals surface area (Å²) in [5.41, 5.74) is 3.35. The molecule has 0 saturated carbocycles. The zero-order valence-corrected chi connectivity index (χ0v) is 18.7. The maximum atomic E-state index is 13.6. The van der Waals surface area contributed by atoms with Gasteiger partial charge in [0.05, 0.1) is 12.2 Å². The molecular formula is C23H28Cl2N4O.